The second kappa shape index (κ2) is 11.0. The lowest BCUT2D eigenvalue weighted by atomic mass is 10.1. The van der Waals surface area contributed by atoms with E-state index in [1.165, 1.54) is 16.9 Å². The van der Waals surface area contributed by atoms with Gasteiger partial charge in [0.25, 0.3) is 11.5 Å². The molecule has 4 rings (SSSR count). The third-order valence-electron chi connectivity index (χ3n) is 5.82. The van der Waals surface area contributed by atoms with Gasteiger partial charge in [0.15, 0.2) is 17.3 Å². The number of ether oxygens (including phenoxy) is 3. The van der Waals surface area contributed by atoms with Gasteiger partial charge in [-0.15, -0.1) is 0 Å². The molecule has 1 fully saturated rings. The van der Waals surface area contributed by atoms with Crippen molar-refractivity contribution in [3.63, 3.8) is 0 Å². The van der Waals surface area contributed by atoms with Crippen molar-refractivity contribution in [2.24, 2.45) is 0 Å². The van der Waals surface area contributed by atoms with Crippen LogP contribution < -0.4 is 15.0 Å². The molecular formula is C25H29N5O5. The number of nitrogens with zero attached hydrogens (tertiary/aromatic N) is 4. The summed E-state index contributed by atoms with van der Waals surface area (Å²) in [5.41, 5.74) is 1.66. The van der Waals surface area contributed by atoms with Gasteiger partial charge in [-0.05, 0) is 43.5 Å². The fourth-order valence-corrected chi connectivity index (χ4v) is 4.03. The summed E-state index contributed by atoms with van der Waals surface area (Å²) < 4.78 is 18.5. The van der Waals surface area contributed by atoms with Crippen LogP contribution in [0.4, 0.5) is 0 Å². The maximum Gasteiger partial charge on any atom is 0.264 e. The molecule has 0 radical (unpaired) electrons. The summed E-state index contributed by atoms with van der Waals surface area (Å²) in [5, 5.41) is 10.7. The molecule has 184 valence electrons. The van der Waals surface area contributed by atoms with Crippen LogP contribution in [-0.4, -0.2) is 63.8 Å². The molecule has 0 bridgehead atoms. The van der Waals surface area contributed by atoms with Crippen molar-refractivity contribution >= 4 is 5.91 Å². The average molecular weight is 480 g/mol. The van der Waals surface area contributed by atoms with Crippen LogP contribution in [0.2, 0.25) is 0 Å². The van der Waals surface area contributed by atoms with E-state index in [-0.39, 0.29) is 17.6 Å². The van der Waals surface area contributed by atoms with Crippen molar-refractivity contribution in [2.45, 2.75) is 32.4 Å². The van der Waals surface area contributed by atoms with Gasteiger partial charge >= 0.3 is 0 Å². The molecule has 1 aliphatic rings. The normalized spacial score (nSPS) is 15.1. The summed E-state index contributed by atoms with van der Waals surface area (Å²) in [7, 11) is 1.58. The van der Waals surface area contributed by atoms with E-state index < -0.39 is 0 Å². The molecule has 1 aromatic carbocycles. The Kier molecular flexibility index (Phi) is 7.61. The Labute approximate surface area is 203 Å². The second-order valence-electron chi connectivity index (χ2n) is 8.24. The minimum absolute atomic E-state index is 0.0211. The summed E-state index contributed by atoms with van der Waals surface area (Å²) in [5.74, 6) is 1.45. The van der Waals surface area contributed by atoms with Crippen LogP contribution in [0.25, 0.3) is 5.82 Å². The fourth-order valence-electron chi connectivity index (χ4n) is 4.03. The lowest BCUT2D eigenvalue weighted by molar-refractivity contribution is 0.0506. The van der Waals surface area contributed by atoms with Gasteiger partial charge in [0.05, 0.1) is 30.7 Å². The van der Waals surface area contributed by atoms with Crippen LogP contribution in [0, 0.1) is 6.92 Å². The summed E-state index contributed by atoms with van der Waals surface area (Å²) in [4.78, 5) is 26.8. The molecule has 1 unspecified atom stereocenters. The number of hydrogen-bond donors (Lipinski definition) is 1. The molecule has 1 atom stereocenters. The lowest BCUT2D eigenvalue weighted by Gasteiger charge is -2.26. The molecule has 0 spiro atoms. The first-order valence-electron chi connectivity index (χ1n) is 11.4. The highest BCUT2D eigenvalue weighted by molar-refractivity contribution is 5.95. The third kappa shape index (κ3) is 5.60. The van der Waals surface area contributed by atoms with Gasteiger partial charge < -0.3 is 19.1 Å². The number of carbonyl (C=O) groups excluding carboxylic acids is 1. The molecule has 3 heterocycles. The highest BCUT2D eigenvalue weighted by Gasteiger charge is 2.26. The molecule has 0 saturated carbocycles. The topological polar surface area (TPSA) is 112 Å². The van der Waals surface area contributed by atoms with E-state index in [4.69, 9.17) is 14.2 Å². The molecule has 3 aromatic rings. The number of H-pyrrole nitrogens is 1. The van der Waals surface area contributed by atoms with Crippen LogP contribution in [0.1, 0.15) is 34.5 Å². The van der Waals surface area contributed by atoms with Crippen LogP contribution in [0.15, 0.2) is 54.0 Å². The third-order valence-corrected chi connectivity index (χ3v) is 5.82. The predicted molar refractivity (Wildman–Crippen MR) is 129 cm³/mol. The van der Waals surface area contributed by atoms with E-state index >= 15 is 0 Å². The Morgan fingerprint density at radius 1 is 1.34 bits per heavy atom. The van der Waals surface area contributed by atoms with Crippen molar-refractivity contribution in [3.8, 4) is 17.3 Å². The summed E-state index contributed by atoms with van der Waals surface area (Å²) in [6.07, 6.45) is 5.05. The van der Waals surface area contributed by atoms with Gasteiger partial charge in [-0.2, -0.15) is 10.2 Å². The number of nitrogens with one attached hydrogen (secondary N) is 1. The van der Waals surface area contributed by atoms with Gasteiger partial charge in [-0.3, -0.25) is 9.59 Å². The summed E-state index contributed by atoms with van der Waals surface area (Å²) >= 11 is 0. The van der Waals surface area contributed by atoms with E-state index in [9.17, 15) is 9.59 Å². The highest BCUT2D eigenvalue weighted by Crippen LogP contribution is 2.29. The smallest absolute Gasteiger partial charge is 0.264 e. The fraction of sp³-hybridized carbons (Fsp3) is 0.360. The Hall–Kier alpha value is -3.92. The number of methoxy groups -OCH3 is 1. The molecule has 1 amide bonds. The molecule has 0 aliphatic carbocycles. The first-order valence-corrected chi connectivity index (χ1v) is 11.4. The van der Waals surface area contributed by atoms with Crippen molar-refractivity contribution in [2.75, 3.05) is 26.9 Å². The standard InChI is InChI=1S/C25H29N5O5/c1-4-11-35-21-8-7-18(13-22(21)33-3)15-29(16-19-6-5-12-34-19)25(32)20-14-26-30(17(20)2)23-9-10-24(31)28-27-23/h4,7-10,13-14,19H,1,5-6,11-12,15-16H2,2-3H3,(H,28,31). The first kappa shape index (κ1) is 24.2. The largest absolute Gasteiger partial charge is 0.493 e. The lowest BCUT2D eigenvalue weighted by Crippen LogP contribution is -2.37. The van der Waals surface area contributed by atoms with Gasteiger partial charge in [0.1, 0.15) is 6.61 Å². The minimum atomic E-state index is -0.311. The number of aromatic amines is 1. The Morgan fingerprint density at radius 2 is 2.20 bits per heavy atom. The molecule has 1 aliphatic heterocycles. The van der Waals surface area contributed by atoms with E-state index in [2.05, 4.69) is 21.9 Å². The number of aromatic nitrogens is 4. The van der Waals surface area contributed by atoms with E-state index in [0.717, 1.165) is 18.4 Å². The number of amides is 1. The second-order valence-corrected chi connectivity index (χ2v) is 8.24. The number of hydrogen-bond acceptors (Lipinski definition) is 7. The van der Waals surface area contributed by atoms with Gasteiger partial charge in [0.2, 0.25) is 0 Å². The summed E-state index contributed by atoms with van der Waals surface area (Å²) in [6, 6.07) is 8.54. The molecule has 1 saturated heterocycles. The van der Waals surface area contributed by atoms with Gasteiger partial charge in [-0.25, -0.2) is 9.78 Å². The molecule has 1 N–H and O–H groups in total. The van der Waals surface area contributed by atoms with Crippen molar-refractivity contribution in [1.29, 1.82) is 0 Å². The number of benzene rings is 1. The zero-order valence-electron chi connectivity index (χ0n) is 19.9. The zero-order chi connectivity index (χ0) is 24.8. The van der Waals surface area contributed by atoms with Gasteiger partial charge in [0, 0.05) is 25.8 Å². The number of carbonyl (C=O) groups is 1. The minimum Gasteiger partial charge on any atom is -0.493 e. The molecule has 10 heteroatoms. The Balaban J connectivity index is 1.60. The maximum atomic E-state index is 13.7. The zero-order valence-corrected chi connectivity index (χ0v) is 19.9. The molecule has 10 nitrogen and oxygen atoms in total. The quantitative estimate of drug-likeness (QED) is 0.445. The van der Waals surface area contributed by atoms with Crippen LogP contribution in [-0.2, 0) is 11.3 Å². The summed E-state index contributed by atoms with van der Waals surface area (Å²) in [6.45, 7) is 7.35. The van der Waals surface area contributed by atoms with E-state index in [1.54, 1.807) is 31.1 Å². The molecule has 2 aromatic heterocycles. The van der Waals surface area contributed by atoms with Crippen LogP contribution >= 0.6 is 0 Å². The predicted octanol–water partition coefficient (Wildman–Crippen LogP) is 2.66. The van der Waals surface area contributed by atoms with Crippen LogP contribution in [0.5, 0.6) is 11.5 Å². The Bertz CT molecular complexity index is 1220. The van der Waals surface area contributed by atoms with Crippen molar-refractivity contribution in [1.82, 2.24) is 24.9 Å². The molecular weight excluding hydrogens is 450 g/mol. The van der Waals surface area contributed by atoms with E-state index in [0.29, 0.717) is 54.9 Å². The SMILES string of the molecule is C=CCOc1ccc(CN(CC2CCCO2)C(=O)c2cnn(-c3ccc(=O)[nH]n3)c2C)cc1OC. The van der Waals surface area contributed by atoms with Crippen LogP contribution in [0.3, 0.4) is 0 Å². The highest BCUT2D eigenvalue weighted by atomic mass is 16.5. The van der Waals surface area contributed by atoms with Crippen molar-refractivity contribution < 1.29 is 19.0 Å². The first-order chi connectivity index (χ1) is 17.0. The Morgan fingerprint density at radius 3 is 2.89 bits per heavy atom. The van der Waals surface area contributed by atoms with Crippen molar-refractivity contribution in [3.05, 3.63) is 76.4 Å². The van der Waals surface area contributed by atoms with Gasteiger partial charge in [-0.1, -0.05) is 18.7 Å². The average Bonchev–Trinajstić information content (AvgIpc) is 3.52. The number of rotatable bonds is 10. The maximum absolute atomic E-state index is 13.7. The molecule has 35 heavy (non-hydrogen) atoms. The van der Waals surface area contributed by atoms with E-state index in [1.807, 2.05) is 18.2 Å². The monoisotopic (exact) mass is 479 g/mol.